The van der Waals surface area contributed by atoms with E-state index in [1.165, 1.54) is 29.3 Å². The van der Waals surface area contributed by atoms with Crippen LogP contribution in [0.4, 0.5) is 34.1 Å². The van der Waals surface area contributed by atoms with Crippen LogP contribution in [0.2, 0.25) is 0 Å². The first-order valence-corrected chi connectivity index (χ1v) is 13.5. The number of nitrogens with zero attached hydrogens (tertiary/aromatic N) is 6. The van der Waals surface area contributed by atoms with E-state index in [1.807, 2.05) is 18.2 Å². The Balaban J connectivity index is 1.39. The molecule has 1 saturated heterocycles. The number of hydroxylamine groups is 2. The normalized spacial score (nSPS) is 17.0. The molecule has 0 aliphatic carbocycles. The number of hydrogen-bond acceptors (Lipinski definition) is 9. The number of benzene rings is 1. The van der Waals surface area contributed by atoms with Gasteiger partial charge in [0.15, 0.2) is 0 Å². The molecule has 232 valence electrons. The zero-order valence-electron chi connectivity index (χ0n) is 23.7. The van der Waals surface area contributed by atoms with Gasteiger partial charge in [-0.05, 0) is 36.8 Å². The van der Waals surface area contributed by atoms with Gasteiger partial charge in [-0.1, -0.05) is 18.2 Å². The Morgan fingerprint density at radius 2 is 1.89 bits per heavy atom. The Morgan fingerprint density at radius 1 is 1.14 bits per heavy atom. The summed E-state index contributed by atoms with van der Waals surface area (Å²) in [6.45, 7) is 1.58. The van der Waals surface area contributed by atoms with Crippen LogP contribution in [0.5, 0.6) is 0 Å². The largest absolute Gasteiger partial charge is 0.405 e. The minimum atomic E-state index is -4.42. The molecule has 44 heavy (non-hydrogen) atoms. The molecule has 0 unspecified atom stereocenters. The summed E-state index contributed by atoms with van der Waals surface area (Å²) in [5.74, 6) is -0.525. The van der Waals surface area contributed by atoms with Crippen LogP contribution >= 0.6 is 0 Å². The first-order valence-electron chi connectivity index (χ1n) is 13.5. The number of urea groups is 1. The van der Waals surface area contributed by atoms with E-state index in [0.29, 0.717) is 53.6 Å². The Hall–Kier alpha value is -4.67. The van der Waals surface area contributed by atoms with Gasteiger partial charge < -0.3 is 15.4 Å². The van der Waals surface area contributed by atoms with Crippen molar-refractivity contribution in [1.82, 2.24) is 35.1 Å². The molecule has 0 radical (unpaired) electrons. The SMILES string of the molecule is COCCN1C[C@@H](NC(=O)Nc2c(C)c(-c3cnc(NCC(F)(F)F)nc3)nn2-c2ccccc2)[C@H](c2ccnc(F)c2)O1. The fourth-order valence-corrected chi connectivity index (χ4v) is 4.64. The lowest BCUT2D eigenvalue weighted by molar-refractivity contribution is -0.154. The molecule has 1 aromatic carbocycles. The van der Waals surface area contributed by atoms with Gasteiger partial charge in [-0.25, -0.2) is 24.4 Å². The fraction of sp³-hybridized carbons (Fsp3) is 0.321. The number of carbonyl (C=O) groups excluding carboxylic acids is 1. The predicted octanol–water partition coefficient (Wildman–Crippen LogP) is 4.27. The Bertz CT molecular complexity index is 1570. The number of nitrogens with one attached hydrogen (secondary N) is 3. The smallest absolute Gasteiger partial charge is 0.383 e. The van der Waals surface area contributed by atoms with Crippen molar-refractivity contribution in [3.05, 3.63) is 78.1 Å². The van der Waals surface area contributed by atoms with Crippen LogP contribution in [0, 0.1) is 12.9 Å². The van der Waals surface area contributed by atoms with Crippen molar-refractivity contribution < 1.29 is 31.9 Å². The van der Waals surface area contributed by atoms with Crippen molar-refractivity contribution in [1.29, 1.82) is 0 Å². The number of rotatable bonds is 10. The van der Waals surface area contributed by atoms with Crippen molar-refractivity contribution in [3.63, 3.8) is 0 Å². The highest BCUT2D eigenvalue weighted by atomic mass is 19.4. The zero-order valence-corrected chi connectivity index (χ0v) is 23.7. The number of anilines is 2. The maximum absolute atomic E-state index is 13.9. The van der Waals surface area contributed by atoms with Gasteiger partial charge in [0.1, 0.15) is 24.2 Å². The Labute approximate surface area is 249 Å². The summed E-state index contributed by atoms with van der Waals surface area (Å²) < 4.78 is 58.3. The molecule has 0 bridgehead atoms. The van der Waals surface area contributed by atoms with E-state index >= 15 is 0 Å². The third-order valence-corrected chi connectivity index (χ3v) is 6.70. The van der Waals surface area contributed by atoms with Crippen LogP contribution in [0.15, 0.2) is 61.1 Å². The molecule has 3 aromatic heterocycles. The molecule has 2 atom stereocenters. The summed E-state index contributed by atoms with van der Waals surface area (Å²) in [6.07, 6.45) is -1.08. The molecule has 4 aromatic rings. The molecular weight excluding hydrogens is 586 g/mol. The van der Waals surface area contributed by atoms with E-state index in [9.17, 15) is 22.4 Å². The lowest BCUT2D eigenvalue weighted by Crippen LogP contribution is -2.42. The van der Waals surface area contributed by atoms with E-state index < -0.39 is 36.8 Å². The number of aromatic nitrogens is 5. The third-order valence-electron chi connectivity index (χ3n) is 6.70. The highest BCUT2D eigenvalue weighted by Gasteiger charge is 2.37. The molecule has 4 heterocycles. The fourth-order valence-electron chi connectivity index (χ4n) is 4.64. The number of hydrogen-bond donors (Lipinski definition) is 3. The highest BCUT2D eigenvalue weighted by molar-refractivity contribution is 5.91. The van der Waals surface area contributed by atoms with Crippen molar-refractivity contribution in [2.24, 2.45) is 0 Å². The van der Waals surface area contributed by atoms with Crippen molar-refractivity contribution in [3.8, 4) is 16.9 Å². The first-order chi connectivity index (χ1) is 21.1. The molecule has 2 amide bonds. The van der Waals surface area contributed by atoms with Gasteiger partial charge in [-0.3, -0.25) is 10.2 Å². The topological polar surface area (TPSA) is 131 Å². The van der Waals surface area contributed by atoms with Crippen molar-refractivity contribution >= 4 is 17.8 Å². The van der Waals surface area contributed by atoms with Gasteiger partial charge in [-0.15, -0.1) is 0 Å². The Morgan fingerprint density at radius 3 is 2.57 bits per heavy atom. The number of halogens is 4. The van der Waals surface area contributed by atoms with E-state index in [2.05, 4.69) is 36.0 Å². The summed E-state index contributed by atoms with van der Waals surface area (Å²) in [6, 6.07) is 10.8. The van der Waals surface area contributed by atoms with Gasteiger partial charge >= 0.3 is 12.2 Å². The quantitative estimate of drug-likeness (QED) is 0.177. The number of para-hydroxylation sites is 1. The van der Waals surface area contributed by atoms with E-state index in [1.54, 1.807) is 37.3 Å². The number of methoxy groups -OCH3 is 1. The van der Waals surface area contributed by atoms with Crippen molar-refractivity contribution in [2.75, 3.05) is 44.0 Å². The molecule has 1 aliphatic heterocycles. The second-order valence-electron chi connectivity index (χ2n) is 9.86. The predicted molar refractivity (Wildman–Crippen MR) is 151 cm³/mol. The lowest BCUT2D eigenvalue weighted by atomic mass is 10.0. The summed E-state index contributed by atoms with van der Waals surface area (Å²) in [5, 5.41) is 14.2. The summed E-state index contributed by atoms with van der Waals surface area (Å²) in [7, 11) is 1.56. The van der Waals surface area contributed by atoms with E-state index in [-0.39, 0.29) is 5.95 Å². The lowest BCUT2D eigenvalue weighted by Gasteiger charge is -2.19. The van der Waals surface area contributed by atoms with Gasteiger partial charge in [0, 0.05) is 49.9 Å². The van der Waals surface area contributed by atoms with Crippen LogP contribution in [0.3, 0.4) is 0 Å². The van der Waals surface area contributed by atoms with Crippen LogP contribution in [0.25, 0.3) is 16.9 Å². The standard InChI is InChI=1S/C28H29F4N9O3/c1-17-23(19-13-34-26(35-14-19)36-16-28(30,31)32)39-41(20-6-4-3-5-7-20)25(17)38-27(42)37-21-15-40(10-11-43-2)44-24(21)18-8-9-33-22(29)12-18/h3-9,12-14,21,24H,10-11,15-16H2,1-2H3,(H,34,35,36)(H2,37,38,42)/t21-,24+/m1/s1. The minimum Gasteiger partial charge on any atom is -0.383 e. The van der Waals surface area contributed by atoms with Crippen LogP contribution in [-0.2, 0) is 9.57 Å². The summed E-state index contributed by atoms with van der Waals surface area (Å²) in [5.41, 5.74) is 2.54. The summed E-state index contributed by atoms with van der Waals surface area (Å²) >= 11 is 0. The molecule has 3 N–H and O–H groups in total. The molecule has 0 saturated carbocycles. The number of amides is 2. The number of carbonyl (C=O) groups is 1. The van der Waals surface area contributed by atoms with Crippen LogP contribution in [-0.4, -0.2) is 81.4 Å². The average molecular weight is 616 g/mol. The molecule has 16 heteroatoms. The molecule has 1 fully saturated rings. The van der Waals surface area contributed by atoms with Crippen molar-refractivity contribution in [2.45, 2.75) is 25.2 Å². The second-order valence-corrected chi connectivity index (χ2v) is 9.86. The first kappa shape index (κ1) is 30.8. The third kappa shape index (κ3) is 7.45. The number of alkyl halides is 3. The van der Waals surface area contributed by atoms with E-state index in [0.717, 1.165) is 0 Å². The molecule has 12 nitrogen and oxygen atoms in total. The van der Waals surface area contributed by atoms with Crippen LogP contribution < -0.4 is 16.0 Å². The maximum atomic E-state index is 13.9. The average Bonchev–Trinajstić information content (AvgIpc) is 3.55. The van der Waals surface area contributed by atoms with Gasteiger partial charge in [0.05, 0.1) is 18.3 Å². The highest BCUT2D eigenvalue weighted by Crippen LogP contribution is 2.32. The maximum Gasteiger partial charge on any atom is 0.405 e. The summed E-state index contributed by atoms with van der Waals surface area (Å²) in [4.78, 5) is 31.0. The number of pyridine rings is 1. The molecule has 1 aliphatic rings. The second kappa shape index (κ2) is 13.3. The molecule has 0 spiro atoms. The van der Waals surface area contributed by atoms with E-state index in [4.69, 9.17) is 9.57 Å². The monoisotopic (exact) mass is 615 g/mol. The van der Waals surface area contributed by atoms with Gasteiger partial charge in [0.2, 0.25) is 11.9 Å². The van der Waals surface area contributed by atoms with Gasteiger partial charge in [0.25, 0.3) is 0 Å². The van der Waals surface area contributed by atoms with Gasteiger partial charge in [-0.2, -0.15) is 27.7 Å². The number of ether oxygens (including phenoxy) is 1. The Kier molecular flexibility index (Phi) is 9.32. The molecule has 5 rings (SSSR count). The molecular formula is C28H29F4N9O3. The minimum absolute atomic E-state index is 0.189. The van der Waals surface area contributed by atoms with Crippen LogP contribution in [0.1, 0.15) is 17.2 Å². The zero-order chi connectivity index (χ0) is 31.3.